The molecule has 5 nitrogen and oxygen atoms in total. The average Bonchev–Trinajstić information content (AvgIpc) is 3.10. The number of likely N-dealkylation sites (tertiary alicyclic amines) is 1. The standard InChI is InChI=1S/C24H27FN2O3/c1-15-5-7-18(19(25)13-15)17-6-8-20-21(14-17)29-22(26-20)16-9-11-27(12-10-16)23(28)30-24(2,3)4/h5-8,13-14,16H,9-12H2,1-4H3. The van der Waals surface area contributed by atoms with E-state index in [0.29, 0.717) is 30.1 Å². The van der Waals surface area contributed by atoms with E-state index in [2.05, 4.69) is 4.98 Å². The SMILES string of the molecule is Cc1ccc(-c2ccc3nc(C4CCN(C(=O)OC(C)(C)C)CC4)oc3c2)c(F)c1. The van der Waals surface area contributed by atoms with E-state index in [-0.39, 0.29) is 17.8 Å². The summed E-state index contributed by atoms with van der Waals surface area (Å²) in [6.45, 7) is 8.69. The van der Waals surface area contributed by atoms with Crippen molar-refractivity contribution < 1.29 is 18.3 Å². The number of aryl methyl sites for hydroxylation is 1. The molecule has 0 radical (unpaired) electrons. The maximum Gasteiger partial charge on any atom is 0.410 e. The predicted molar refractivity (Wildman–Crippen MR) is 114 cm³/mol. The zero-order chi connectivity index (χ0) is 21.5. The van der Waals surface area contributed by atoms with Crippen molar-refractivity contribution in [1.82, 2.24) is 9.88 Å². The van der Waals surface area contributed by atoms with E-state index in [1.54, 1.807) is 11.0 Å². The lowest BCUT2D eigenvalue weighted by Crippen LogP contribution is -2.41. The van der Waals surface area contributed by atoms with Crippen LogP contribution in [-0.4, -0.2) is 34.7 Å². The van der Waals surface area contributed by atoms with Crippen molar-refractivity contribution in [1.29, 1.82) is 0 Å². The third kappa shape index (κ3) is 4.32. The van der Waals surface area contributed by atoms with Gasteiger partial charge < -0.3 is 14.1 Å². The largest absolute Gasteiger partial charge is 0.444 e. The molecule has 6 heteroatoms. The van der Waals surface area contributed by atoms with Gasteiger partial charge in [-0.25, -0.2) is 14.2 Å². The van der Waals surface area contributed by atoms with E-state index < -0.39 is 5.60 Å². The molecule has 2 aromatic carbocycles. The highest BCUT2D eigenvalue weighted by Crippen LogP contribution is 2.33. The number of oxazole rings is 1. The second kappa shape index (κ2) is 7.74. The predicted octanol–water partition coefficient (Wildman–Crippen LogP) is 6.06. The number of benzene rings is 2. The Morgan fingerprint density at radius 1 is 1.17 bits per heavy atom. The monoisotopic (exact) mass is 410 g/mol. The van der Waals surface area contributed by atoms with Gasteiger partial charge in [0.1, 0.15) is 16.9 Å². The molecule has 4 rings (SSSR count). The summed E-state index contributed by atoms with van der Waals surface area (Å²) in [7, 11) is 0. The third-order valence-corrected chi connectivity index (χ3v) is 5.34. The van der Waals surface area contributed by atoms with Gasteiger partial charge in [-0.15, -0.1) is 0 Å². The minimum Gasteiger partial charge on any atom is -0.444 e. The molecule has 2 heterocycles. The summed E-state index contributed by atoms with van der Waals surface area (Å²) in [5, 5.41) is 0. The Labute approximate surface area is 175 Å². The Kier molecular flexibility index (Phi) is 5.26. The van der Waals surface area contributed by atoms with Crippen LogP contribution in [0.1, 0.15) is 51.0 Å². The normalized spacial score (nSPS) is 15.6. The molecule has 0 bridgehead atoms. The van der Waals surface area contributed by atoms with Gasteiger partial charge in [0.2, 0.25) is 0 Å². The van der Waals surface area contributed by atoms with Gasteiger partial charge in [-0.1, -0.05) is 18.2 Å². The molecule has 0 aliphatic carbocycles. The lowest BCUT2D eigenvalue weighted by molar-refractivity contribution is 0.0199. The summed E-state index contributed by atoms with van der Waals surface area (Å²) < 4.78 is 25.8. The van der Waals surface area contributed by atoms with E-state index in [1.165, 1.54) is 6.07 Å². The smallest absolute Gasteiger partial charge is 0.410 e. The highest BCUT2D eigenvalue weighted by Gasteiger charge is 2.29. The molecule has 0 atom stereocenters. The maximum atomic E-state index is 14.3. The molecule has 1 aromatic heterocycles. The molecule has 1 amide bonds. The molecule has 30 heavy (non-hydrogen) atoms. The van der Waals surface area contributed by atoms with E-state index >= 15 is 0 Å². The molecule has 0 saturated carbocycles. The average molecular weight is 410 g/mol. The molecule has 0 spiro atoms. The Bertz CT molecular complexity index is 1080. The van der Waals surface area contributed by atoms with Crippen molar-refractivity contribution in [3.05, 3.63) is 53.7 Å². The van der Waals surface area contributed by atoms with Crippen LogP contribution in [0.15, 0.2) is 40.8 Å². The Balaban J connectivity index is 1.49. The number of ether oxygens (including phenoxy) is 1. The van der Waals surface area contributed by atoms with Crippen molar-refractivity contribution in [2.75, 3.05) is 13.1 Å². The first kappa shape index (κ1) is 20.4. The summed E-state index contributed by atoms with van der Waals surface area (Å²) in [6.07, 6.45) is 1.26. The molecule has 3 aromatic rings. The first-order valence-corrected chi connectivity index (χ1v) is 10.3. The van der Waals surface area contributed by atoms with Gasteiger partial charge in [0.25, 0.3) is 0 Å². The van der Waals surface area contributed by atoms with Crippen LogP contribution in [-0.2, 0) is 4.74 Å². The zero-order valence-corrected chi connectivity index (χ0v) is 17.9. The molecular weight excluding hydrogens is 383 g/mol. The summed E-state index contributed by atoms with van der Waals surface area (Å²) in [5.74, 6) is 0.578. The third-order valence-electron chi connectivity index (χ3n) is 5.34. The van der Waals surface area contributed by atoms with Crippen molar-refractivity contribution in [2.45, 2.75) is 52.1 Å². The summed E-state index contributed by atoms with van der Waals surface area (Å²) >= 11 is 0. The van der Waals surface area contributed by atoms with Crippen LogP contribution >= 0.6 is 0 Å². The number of aromatic nitrogens is 1. The number of piperidine rings is 1. The minimum atomic E-state index is -0.497. The van der Waals surface area contributed by atoms with Gasteiger partial charge in [-0.3, -0.25) is 0 Å². The number of rotatable bonds is 2. The fraction of sp³-hybridized carbons (Fsp3) is 0.417. The number of nitrogens with zero attached hydrogens (tertiary/aromatic N) is 2. The van der Waals surface area contributed by atoms with Gasteiger partial charge in [-0.05, 0) is 69.9 Å². The van der Waals surface area contributed by atoms with Gasteiger partial charge in [0.05, 0.1) is 0 Å². The molecule has 0 N–H and O–H groups in total. The number of hydrogen-bond acceptors (Lipinski definition) is 4. The molecule has 158 valence electrons. The van der Waals surface area contributed by atoms with Crippen molar-refractivity contribution in [2.24, 2.45) is 0 Å². The zero-order valence-electron chi connectivity index (χ0n) is 17.9. The highest BCUT2D eigenvalue weighted by molar-refractivity contribution is 5.80. The Morgan fingerprint density at radius 3 is 2.57 bits per heavy atom. The lowest BCUT2D eigenvalue weighted by atomic mass is 9.97. The lowest BCUT2D eigenvalue weighted by Gasteiger charge is -2.32. The second-order valence-electron chi connectivity index (χ2n) is 8.96. The van der Waals surface area contributed by atoms with Crippen LogP contribution < -0.4 is 0 Å². The van der Waals surface area contributed by atoms with Crippen LogP contribution in [0.2, 0.25) is 0 Å². The number of amides is 1. The van der Waals surface area contributed by atoms with Crippen LogP contribution in [0, 0.1) is 12.7 Å². The van der Waals surface area contributed by atoms with Crippen molar-refractivity contribution >= 4 is 17.2 Å². The maximum absolute atomic E-state index is 14.3. The van der Waals surface area contributed by atoms with E-state index in [0.717, 1.165) is 29.5 Å². The number of carbonyl (C=O) groups is 1. The molecule has 1 fully saturated rings. The Hall–Kier alpha value is -2.89. The van der Waals surface area contributed by atoms with Gasteiger partial charge in [0, 0.05) is 24.6 Å². The van der Waals surface area contributed by atoms with Gasteiger partial charge in [0.15, 0.2) is 11.5 Å². The Morgan fingerprint density at radius 2 is 1.90 bits per heavy atom. The van der Waals surface area contributed by atoms with Crippen LogP contribution in [0.25, 0.3) is 22.2 Å². The molecular formula is C24H27FN2O3. The first-order chi connectivity index (χ1) is 14.2. The van der Waals surface area contributed by atoms with Crippen molar-refractivity contribution in [3.63, 3.8) is 0 Å². The number of halogens is 1. The number of hydrogen-bond donors (Lipinski definition) is 0. The van der Waals surface area contributed by atoms with Gasteiger partial charge in [-0.2, -0.15) is 0 Å². The fourth-order valence-corrected chi connectivity index (χ4v) is 3.77. The second-order valence-corrected chi connectivity index (χ2v) is 8.96. The van der Waals surface area contributed by atoms with Crippen LogP contribution in [0.4, 0.5) is 9.18 Å². The topological polar surface area (TPSA) is 55.6 Å². The molecule has 1 aliphatic rings. The minimum absolute atomic E-state index is 0.149. The number of fused-ring (bicyclic) bond motifs is 1. The fourth-order valence-electron chi connectivity index (χ4n) is 3.77. The summed E-state index contributed by atoms with van der Waals surface area (Å²) in [4.78, 5) is 18.6. The highest BCUT2D eigenvalue weighted by atomic mass is 19.1. The van der Waals surface area contributed by atoms with Crippen LogP contribution in [0.3, 0.4) is 0 Å². The van der Waals surface area contributed by atoms with Gasteiger partial charge >= 0.3 is 6.09 Å². The summed E-state index contributed by atoms with van der Waals surface area (Å²) in [5.41, 5.74) is 3.11. The molecule has 1 saturated heterocycles. The van der Waals surface area contributed by atoms with E-state index in [4.69, 9.17) is 9.15 Å². The van der Waals surface area contributed by atoms with Crippen LogP contribution in [0.5, 0.6) is 0 Å². The van der Waals surface area contributed by atoms with E-state index in [9.17, 15) is 9.18 Å². The molecule has 1 aliphatic heterocycles. The molecule has 0 unspecified atom stereocenters. The summed E-state index contributed by atoms with van der Waals surface area (Å²) in [6, 6.07) is 10.8. The quantitative estimate of drug-likeness (QED) is 0.515. The first-order valence-electron chi connectivity index (χ1n) is 10.3. The number of carbonyl (C=O) groups excluding carboxylic acids is 1. The van der Waals surface area contributed by atoms with E-state index in [1.807, 2.05) is 52.0 Å². The van der Waals surface area contributed by atoms with Crippen molar-refractivity contribution in [3.8, 4) is 11.1 Å².